The summed E-state index contributed by atoms with van der Waals surface area (Å²) in [4.78, 5) is 23.4. The van der Waals surface area contributed by atoms with Gasteiger partial charge >= 0.3 is 6.36 Å². The first-order valence-corrected chi connectivity index (χ1v) is 6.36. The lowest BCUT2D eigenvalue weighted by molar-refractivity contribution is -0.885. The largest absolute Gasteiger partial charge is 0.573 e. The molecular weight excluding hydrogens is 303 g/mol. The molecule has 0 aliphatic rings. The van der Waals surface area contributed by atoms with E-state index in [4.69, 9.17) is 5.73 Å². The Morgan fingerprint density at radius 3 is 2.32 bits per heavy atom. The highest BCUT2D eigenvalue weighted by atomic mass is 19.4. The number of anilines is 1. The van der Waals surface area contributed by atoms with E-state index in [0.29, 0.717) is 10.6 Å². The van der Waals surface area contributed by atoms with E-state index in [1.54, 1.807) is 14.0 Å². The molecule has 1 rings (SSSR count). The number of nitrogens with two attached hydrogens (primary N) is 1. The van der Waals surface area contributed by atoms with Crippen LogP contribution >= 0.6 is 0 Å². The molecule has 9 heteroatoms. The van der Waals surface area contributed by atoms with Crippen molar-refractivity contribution in [2.75, 3.05) is 18.9 Å². The minimum atomic E-state index is -4.76. The number of likely N-dealkylation sites (N-methyl/N-ethyl adjacent to an activating group) is 1. The fraction of sp³-hybridized carbons (Fsp3) is 0.385. The molecule has 0 radical (unpaired) electrons. The van der Waals surface area contributed by atoms with Crippen LogP contribution in [0.15, 0.2) is 24.3 Å². The number of ether oxygens (including phenoxy) is 1. The number of carbonyl (C=O) groups excluding carboxylic acids is 2. The number of nitrogens with one attached hydrogen (secondary N) is 2. The molecule has 1 unspecified atom stereocenters. The van der Waals surface area contributed by atoms with Gasteiger partial charge in [-0.2, -0.15) is 0 Å². The molecule has 4 N–H and O–H groups in total. The van der Waals surface area contributed by atoms with Crippen LogP contribution in [0.4, 0.5) is 18.9 Å². The van der Waals surface area contributed by atoms with Crippen LogP contribution in [0, 0.1) is 0 Å². The van der Waals surface area contributed by atoms with Gasteiger partial charge in [-0.15, -0.1) is 13.2 Å². The molecule has 0 bridgehead atoms. The highest BCUT2D eigenvalue weighted by Gasteiger charge is 2.31. The van der Waals surface area contributed by atoms with Gasteiger partial charge in [-0.25, -0.2) is 0 Å². The zero-order valence-electron chi connectivity index (χ0n) is 12.0. The summed E-state index contributed by atoms with van der Waals surface area (Å²) in [6, 6.07) is 4.21. The maximum absolute atomic E-state index is 12.0. The minimum absolute atomic E-state index is 0.00902. The van der Waals surface area contributed by atoms with Crippen molar-refractivity contribution in [3.8, 4) is 5.75 Å². The minimum Gasteiger partial charge on any atom is -0.406 e. The predicted molar refractivity (Wildman–Crippen MR) is 72.2 cm³/mol. The van der Waals surface area contributed by atoms with Gasteiger partial charge in [0.2, 0.25) is 0 Å². The van der Waals surface area contributed by atoms with Gasteiger partial charge in [-0.05, 0) is 31.2 Å². The van der Waals surface area contributed by atoms with Crippen LogP contribution in [0.1, 0.15) is 6.92 Å². The maximum Gasteiger partial charge on any atom is 0.573 e. The van der Waals surface area contributed by atoms with E-state index < -0.39 is 24.2 Å². The summed E-state index contributed by atoms with van der Waals surface area (Å²) in [5, 5.41) is 2.51. The Morgan fingerprint density at radius 2 is 1.86 bits per heavy atom. The molecular formula is C13H17F3N3O3+. The van der Waals surface area contributed by atoms with E-state index in [1.165, 1.54) is 12.1 Å². The first-order chi connectivity index (χ1) is 10.1. The smallest absolute Gasteiger partial charge is 0.406 e. The number of alkyl halides is 3. The number of hydrogen-bond donors (Lipinski definition) is 3. The number of primary amides is 1. The number of benzene rings is 1. The zero-order valence-corrected chi connectivity index (χ0v) is 12.0. The molecule has 22 heavy (non-hydrogen) atoms. The van der Waals surface area contributed by atoms with Gasteiger partial charge in [-0.3, -0.25) is 9.59 Å². The molecule has 1 aromatic carbocycles. The second-order valence-corrected chi connectivity index (χ2v) is 4.77. The monoisotopic (exact) mass is 320 g/mol. The number of rotatable bonds is 6. The highest BCUT2D eigenvalue weighted by molar-refractivity contribution is 5.91. The quantitative estimate of drug-likeness (QED) is 0.685. The maximum atomic E-state index is 12.0. The normalized spacial score (nSPS) is 14.0. The average Bonchev–Trinajstić information content (AvgIpc) is 2.38. The highest BCUT2D eigenvalue weighted by Crippen LogP contribution is 2.23. The van der Waals surface area contributed by atoms with E-state index in [2.05, 4.69) is 10.1 Å². The van der Waals surface area contributed by atoms with Gasteiger partial charge in [0.1, 0.15) is 5.75 Å². The second-order valence-electron chi connectivity index (χ2n) is 4.77. The summed E-state index contributed by atoms with van der Waals surface area (Å²) in [5.74, 6) is -1.30. The Hall–Kier alpha value is -2.29. The number of halogens is 3. The Morgan fingerprint density at radius 1 is 1.32 bits per heavy atom. The van der Waals surface area contributed by atoms with E-state index in [9.17, 15) is 22.8 Å². The molecule has 1 aromatic rings. The van der Waals surface area contributed by atoms with Crippen LogP contribution in [-0.4, -0.2) is 37.8 Å². The lowest BCUT2D eigenvalue weighted by atomic mass is 10.2. The fourth-order valence-electron chi connectivity index (χ4n) is 1.59. The lowest BCUT2D eigenvalue weighted by Crippen LogP contribution is -3.15. The van der Waals surface area contributed by atoms with E-state index >= 15 is 0 Å². The van der Waals surface area contributed by atoms with Crippen molar-refractivity contribution in [1.82, 2.24) is 0 Å². The van der Waals surface area contributed by atoms with Gasteiger partial charge in [0.25, 0.3) is 11.8 Å². The molecule has 0 saturated heterocycles. The third-order valence-corrected chi connectivity index (χ3v) is 2.98. The predicted octanol–water partition coefficient (Wildman–Crippen LogP) is -0.0878. The Kier molecular flexibility index (Phi) is 5.75. The number of amides is 2. The molecule has 122 valence electrons. The summed E-state index contributed by atoms with van der Waals surface area (Å²) in [6.07, 6.45) is -4.76. The van der Waals surface area contributed by atoms with E-state index in [-0.39, 0.29) is 12.3 Å². The van der Waals surface area contributed by atoms with Crippen LogP contribution in [0.25, 0.3) is 0 Å². The Balaban J connectivity index is 2.56. The topological polar surface area (TPSA) is 85.9 Å². The number of hydrogen-bond acceptors (Lipinski definition) is 3. The van der Waals surface area contributed by atoms with Gasteiger partial charge in [0.05, 0.1) is 7.05 Å². The van der Waals surface area contributed by atoms with Crippen molar-refractivity contribution in [2.24, 2.45) is 5.73 Å². The van der Waals surface area contributed by atoms with Crippen molar-refractivity contribution in [1.29, 1.82) is 0 Å². The van der Waals surface area contributed by atoms with Gasteiger partial charge < -0.3 is 20.7 Å². The third kappa shape index (κ3) is 6.00. The summed E-state index contributed by atoms with van der Waals surface area (Å²) in [5.41, 5.74) is 5.45. The van der Waals surface area contributed by atoms with Crippen molar-refractivity contribution >= 4 is 17.5 Å². The molecule has 2 atom stereocenters. The first kappa shape index (κ1) is 17.8. The fourth-order valence-corrected chi connectivity index (χ4v) is 1.59. The standard InChI is InChI=1S/C13H16F3N3O3/c1-8(12(17)21)19(2)7-11(20)18-9-3-5-10(6-4-9)22-13(14,15)16/h3-6,8H,7H2,1-2H3,(H2,17,21)(H,18,20)/p+1/t8-/m1/s1. The van der Waals surface area contributed by atoms with Crippen molar-refractivity contribution in [3.63, 3.8) is 0 Å². The molecule has 0 aromatic heterocycles. The molecule has 0 heterocycles. The van der Waals surface area contributed by atoms with Crippen molar-refractivity contribution < 1.29 is 32.4 Å². The summed E-state index contributed by atoms with van der Waals surface area (Å²) < 4.78 is 39.7. The third-order valence-electron chi connectivity index (χ3n) is 2.98. The second kappa shape index (κ2) is 7.12. The van der Waals surface area contributed by atoms with Crippen molar-refractivity contribution in [3.05, 3.63) is 24.3 Å². The summed E-state index contributed by atoms with van der Waals surface area (Å²) in [6.45, 7) is 1.58. The number of carbonyl (C=O) groups is 2. The van der Waals surface area contributed by atoms with Crippen LogP contribution in [-0.2, 0) is 9.59 Å². The molecule has 0 saturated carbocycles. The Bertz CT molecular complexity index is 532. The first-order valence-electron chi connectivity index (χ1n) is 6.36. The lowest BCUT2D eigenvalue weighted by Gasteiger charge is -2.18. The van der Waals surface area contributed by atoms with E-state index in [1.807, 2.05) is 0 Å². The van der Waals surface area contributed by atoms with Crippen LogP contribution in [0.2, 0.25) is 0 Å². The molecule has 0 aliphatic carbocycles. The van der Waals surface area contributed by atoms with Crippen LogP contribution in [0.5, 0.6) is 5.75 Å². The molecule has 0 aliphatic heterocycles. The molecule has 6 nitrogen and oxygen atoms in total. The van der Waals surface area contributed by atoms with Crippen LogP contribution in [0.3, 0.4) is 0 Å². The van der Waals surface area contributed by atoms with Crippen molar-refractivity contribution in [2.45, 2.75) is 19.3 Å². The number of quaternary nitrogens is 1. The van der Waals surface area contributed by atoms with Crippen LogP contribution < -0.4 is 20.7 Å². The zero-order chi connectivity index (χ0) is 16.9. The SMILES string of the molecule is C[C@H](C(N)=O)[NH+](C)CC(=O)Nc1ccc(OC(F)(F)F)cc1. The Labute approximate surface area is 125 Å². The summed E-state index contributed by atoms with van der Waals surface area (Å²) >= 11 is 0. The molecule has 0 fully saturated rings. The van der Waals surface area contributed by atoms with Gasteiger partial charge in [-0.1, -0.05) is 0 Å². The van der Waals surface area contributed by atoms with Gasteiger partial charge in [0.15, 0.2) is 12.6 Å². The van der Waals surface area contributed by atoms with E-state index in [0.717, 1.165) is 12.1 Å². The average molecular weight is 320 g/mol. The molecule has 2 amide bonds. The van der Waals surface area contributed by atoms with Gasteiger partial charge in [0, 0.05) is 5.69 Å². The summed E-state index contributed by atoms with van der Waals surface area (Å²) in [7, 11) is 1.63. The molecule has 0 spiro atoms.